The number of amides is 1. The number of aliphatic hydroxyl groups is 1. The molecule has 1 aromatic rings. The second-order valence-electron chi connectivity index (χ2n) is 4.41. The van der Waals surface area contributed by atoms with Crippen molar-refractivity contribution < 1.29 is 9.90 Å². The molecule has 0 spiro atoms. The van der Waals surface area contributed by atoms with Crippen molar-refractivity contribution in [1.82, 2.24) is 10.3 Å². The van der Waals surface area contributed by atoms with Gasteiger partial charge in [0.2, 0.25) is 0 Å². The van der Waals surface area contributed by atoms with Crippen LogP contribution in [-0.4, -0.2) is 28.6 Å². The van der Waals surface area contributed by atoms with Gasteiger partial charge in [-0.15, -0.1) is 0 Å². The molecule has 6 heteroatoms. The number of hydrogen-bond donors (Lipinski definition) is 2. The Labute approximate surface area is 116 Å². The van der Waals surface area contributed by atoms with Crippen LogP contribution in [0.25, 0.3) is 0 Å². The normalized spacial score (nSPS) is 12.6. The third-order valence-corrected chi connectivity index (χ3v) is 3.57. The zero-order valence-corrected chi connectivity index (χ0v) is 12.0. The van der Waals surface area contributed by atoms with Crippen molar-refractivity contribution in [2.75, 3.05) is 6.54 Å². The molecule has 0 saturated heterocycles. The lowest BCUT2D eigenvalue weighted by atomic mass is 10.1. The quantitative estimate of drug-likeness (QED) is 0.895. The number of carbonyl (C=O) groups is 1. The Hall–Kier alpha value is -0.840. The summed E-state index contributed by atoms with van der Waals surface area (Å²) in [6.45, 7) is 5.61. The molecule has 0 saturated carbocycles. The Morgan fingerprint density at radius 3 is 2.61 bits per heavy atom. The lowest BCUT2D eigenvalue weighted by Gasteiger charge is -2.15. The third-order valence-electron chi connectivity index (χ3n) is 2.62. The first-order valence-electron chi connectivity index (χ1n) is 5.61. The molecule has 100 valence electrons. The fourth-order valence-corrected chi connectivity index (χ4v) is 1.66. The van der Waals surface area contributed by atoms with E-state index in [-0.39, 0.29) is 28.1 Å². The minimum absolute atomic E-state index is 0.0699. The highest BCUT2D eigenvalue weighted by Gasteiger charge is 2.17. The van der Waals surface area contributed by atoms with Crippen LogP contribution in [0.5, 0.6) is 0 Å². The molecule has 0 aromatic carbocycles. The van der Waals surface area contributed by atoms with Gasteiger partial charge in [-0.3, -0.25) is 9.78 Å². The van der Waals surface area contributed by atoms with Crippen molar-refractivity contribution in [2.45, 2.75) is 26.9 Å². The first-order chi connectivity index (χ1) is 8.34. The van der Waals surface area contributed by atoms with Gasteiger partial charge in [0, 0.05) is 12.7 Å². The van der Waals surface area contributed by atoms with E-state index in [1.807, 2.05) is 13.8 Å². The van der Waals surface area contributed by atoms with E-state index < -0.39 is 12.0 Å². The predicted octanol–water partition coefficient (Wildman–Crippen LogP) is 2.44. The van der Waals surface area contributed by atoms with Gasteiger partial charge in [-0.1, -0.05) is 37.0 Å². The summed E-state index contributed by atoms with van der Waals surface area (Å²) in [5.41, 5.74) is 0.781. The van der Waals surface area contributed by atoms with Crippen LogP contribution in [0, 0.1) is 12.8 Å². The summed E-state index contributed by atoms with van der Waals surface area (Å²) in [5.74, 6) is -0.324. The van der Waals surface area contributed by atoms with Gasteiger partial charge in [0.25, 0.3) is 5.91 Å². The minimum Gasteiger partial charge on any atom is -0.391 e. The van der Waals surface area contributed by atoms with Gasteiger partial charge in [0.05, 0.1) is 27.4 Å². The largest absolute Gasteiger partial charge is 0.391 e. The van der Waals surface area contributed by atoms with E-state index in [1.165, 1.54) is 6.20 Å². The summed E-state index contributed by atoms with van der Waals surface area (Å²) >= 11 is 11.9. The fraction of sp³-hybridized carbons (Fsp3) is 0.500. The van der Waals surface area contributed by atoms with Gasteiger partial charge in [-0.25, -0.2) is 0 Å². The molecule has 1 aromatic heterocycles. The standard InChI is InChI=1S/C12H16Cl2N2O2/c1-6(2)9(17)5-16-12(18)8-4-15-7(3)10(13)11(8)14/h4,6,9,17H,5H2,1-3H3,(H,16,18). The highest BCUT2D eigenvalue weighted by Crippen LogP contribution is 2.27. The Morgan fingerprint density at radius 1 is 1.44 bits per heavy atom. The average molecular weight is 291 g/mol. The van der Waals surface area contributed by atoms with E-state index in [0.717, 1.165) is 0 Å². The molecular weight excluding hydrogens is 275 g/mol. The number of halogens is 2. The zero-order valence-electron chi connectivity index (χ0n) is 10.5. The van der Waals surface area contributed by atoms with Crippen LogP contribution in [-0.2, 0) is 0 Å². The Morgan fingerprint density at radius 2 is 2.06 bits per heavy atom. The lowest BCUT2D eigenvalue weighted by Crippen LogP contribution is -2.34. The van der Waals surface area contributed by atoms with E-state index >= 15 is 0 Å². The van der Waals surface area contributed by atoms with Gasteiger partial charge >= 0.3 is 0 Å². The number of carbonyl (C=O) groups excluding carboxylic acids is 1. The van der Waals surface area contributed by atoms with Crippen molar-refractivity contribution in [3.05, 3.63) is 27.5 Å². The van der Waals surface area contributed by atoms with Crippen molar-refractivity contribution in [1.29, 1.82) is 0 Å². The SMILES string of the molecule is Cc1ncc(C(=O)NCC(O)C(C)C)c(Cl)c1Cl. The van der Waals surface area contributed by atoms with E-state index in [1.54, 1.807) is 6.92 Å². The van der Waals surface area contributed by atoms with Gasteiger partial charge < -0.3 is 10.4 Å². The van der Waals surface area contributed by atoms with Crippen LogP contribution in [0.15, 0.2) is 6.20 Å². The number of nitrogens with zero attached hydrogens (tertiary/aromatic N) is 1. The topological polar surface area (TPSA) is 62.2 Å². The van der Waals surface area contributed by atoms with Gasteiger partial charge in [-0.2, -0.15) is 0 Å². The van der Waals surface area contributed by atoms with Crippen LogP contribution in [0.1, 0.15) is 29.9 Å². The number of aromatic nitrogens is 1. The van der Waals surface area contributed by atoms with E-state index in [9.17, 15) is 9.90 Å². The molecule has 0 aliphatic carbocycles. The summed E-state index contributed by atoms with van der Waals surface area (Å²) in [5, 5.41) is 12.6. The van der Waals surface area contributed by atoms with Crippen LogP contribution < -0.4 is 5.32 Å². The van der Waals surface area contributed by atoms with Crippen LogP contribution >= 0.6 is 23.2 Å². The molecule has 0 aliphatic rings. The van der Waals surface area contributed by atoms with Crippen molar-refractivity contribution >= 4 is 29.1 Å². The highest BCUT2D eigenvalue weighted by atomic mass is 35.5. The molecule has 1 unspecified atom stereocenters. The van der Waals surface area contributed by atoms with Gasteiger partial charge in [-0.05, 0) is 12.8 Å². The number of aliphatic hydroxyl groups excluding tert-OH is 1. The first kappa shape index (κ1) is 15.2. The van der Waals surface area contributed by atoms with E-state index in [2.05, 4.69) is 10.3 Å². The maximum atomic E-state index is 11.9. The first-order valence-corrected chi connectivity index (χ1v) is 6.37. The molecular formula is C12H16Cl2N2O2. The van der Waals surface area contributed by atoms with Gasteiger partial charge in [0.1, 0.15) is 0 Å². The molecule has 1 atom stereocenters. The summed E-state index contributed by atoms with van der Waals surface area (Å²) in [4.78, 5) is 15.8. The van der Waals surface area contributed by atoms with Crippen molar-refractivity contribution in [3.8, 4) is 0 Å². The molecule has 2 N–H and O–H groups in total. The van der Waals surface area contributed by atoms with Crippen molar-refractivity contribution in [3.63, 3.8) is 0 Å². The van der Waals surface area contributed by atoms with E-state index in [0.29, 0.717) is 5.69 Å². The number of aryl methyl sites for hydroxylation is 1. The summed E-state index contributed by atoms with van der Waals surface area (Å²) in [7, 11) is 0. The smallest absolute Gasteiger partial charge is 0.254 e. The monoisotopic (exact) mass is 290 g/mol. The van der Waals surface area contributed by atoms with E-state index in [4.69, 9.17) is 23.2 Å². The lowest BCUT2D eigenvalue weighted by molar-refractivity contribution is 0.0871. The average Bonchev–Trinajstić information content (AvgIpc) is 2.32. The zero-order chi connectivity index (χ0) is 13.9. The summed E-state index contributed by atoms with van der Waals surface area (Å²) in [6.07, 6.45) is 0.780. The maximum Gasteiger partial charge on any atom is 0.254 e. The molecule has 18 heavy (non-hydrogen) atoms. The minimum atomic E-state index is -0.596. The fourth-order valence-electron chi connectivity index (χ4n) is 1.24. The predicted molar refractivity (Wildman–Crippen MR) is 72.2 cm³/mol. The van der Waals surface area contributed by atoms with Crippen LogP contribution in [0.2, 0.25) is 10.0 Å². The molecule has 1 amide bonds. The second-order valence-corrected chi connectivity index (χ2v) is 5.16. The van der Waals surface area contributed by atoms with Gasteiger partial charge in [0.15, 0.2) is 0 Å². The Balaban J connectivity index is 2.77. The number of pyridine rings is 1. The molecule has 0 aliphatic heterocycles. The number of nitrogens with one attached hydrogen (secondary N) is 1. The Kier molecular flexibility index (Phi) is 5.38. The Bertz CT molecular complexity index is 450. The molecule has 0 radical (unpaired) electrons. The summed E-state index contributed by atoms with van der Waals surface area (Å²) in [6, 6.07) is 0. The highest BCUT2D eigenvalue weighted by molar-refractivity contribution is 6.44. The molecule has 1 rings (SSSR count). The number of rotatable bonds is 4. The molecule has 4 nitrogen and oxygen atoms in total. The maximum absolute atomic E-state index is 11.9. The third kappa shape index (κ3) is 3.57. The summed E-state index contributed by atoms with van der Waals surface area (Å²) < 4.78 is 0. The van der Waals surface area contributed by atoms with Crippen LogP contribution in [0.4, 0.5) is 0 Å². The van der Waals surface area contributed by atoms with Crippen molar-refractivity contribution in [2.24, 2.45) is 5.92 Å². The second kappa shape index (κ2) is 6.36. The molecule has 0 bridgehead atoms. The molecule has 1 heterocycles. The van der Waals surface area contributed by atoms with Crippen LogP contribution in [0.3, 0.4) is 0 Å². The molecule has 0 fully saturated rings. The number of hydrogen-bond acceptors (Lipinski definition) is 3.